The summed E-state index contributed by atoms with van der Waals surface area (Å²) in [5.41, 5.74) is 0.633. The molecule has 2 rings (SSSR count). The Bertz CT molecular complexity index is 521. The highest BCUT2D eigenvalue weighted by atomic mass is 79.9. The number of alkyl halides is 2. The number of benzene rings is 2. The maximum absolute atomic E-state index is 11.7. The van der Waals surface area contributed by atoms with E-state index in [2.05, 4.69) is 31.9 Å². The maximum atomic E-state index is 11.7. The van der Waals surface area contributed by atoms with Crippen molar-refractivity contribution in [2.24, 2.45) is 0 Å². The van der Waals surface area contributed by atoms with Crippen LogP contribution in [0, 0.1) is 0 Å². The number of carbonyl (C=O) groups is 1. The van der Waals surface area contributed by atoms with E-state index in [4.69, 9.17) is 4.74 Å². The van der Waals surface area contributed by atoms with Gasteiger partial charge in [0.25, 0.3) is 0 Å². The van der Waals surface area contributed by atoms with Crippen LogP contribution in [-0.2, 0) is 0 Å². The predicted octanol–water partition coefficient (Wildman–Crippen LogP) is 4.78. The summed E-state index contributed by atoms with van der Waals surface area (Å²) in [6.45, 7) is 0. The number of ketones is 1. The molecule has 92 valence electrons. The van der Waals surface area contributed by atoms with Gasteiger partial charge in [-0.15, -0.1) is 0 Å². The van der Waals surface area contributed by atoms with Crippen molar-refractivity contribution in [3.05, 3.63) is 60.2 Å². The Morgan fingerprint density at radius 2 is 1.44 bits per heavy atom. The predicted molar refractivity (Wildman–Crippen MR) is 78.9 cm³/mol. The fraction of sp³-hybridized carbons (Fsp3) is 0.0714. The Kier molecular flexibility index (Phi) is 4.55. The van der Waals surface area contributed by atoms with Crippen LogP contribution in [0.3, 0.4) is 0 Å². The summed E-state index contributed by atoms with van der Waals surface area (Å²) in [6, 6.07) is 16.6. The molecule has 0 saturated carbocycles. The van der Waals surface area contributed by atoms with Crippen LogP contribution in [-0.4, -0.2) is 9.52 Å². The molecule has 18 heavy (non-hydrogen) atoms. The molecule has 0 saturated heterocycles. The van der Waals surface area contributed by atoms with Gasteiger partial charge in [-0.2, -0.15) is 0 Å². The SMILES string of the molecule is O=C(c1ccc(Oc2ccccc2)cc1)C(Br)Br. The molecule has 0 aliphatic heterocycles. The lowest BCUT2D eigenvalue weighted by Crippen LogP contribution is -2.06. The van der Waals surface area contributed by atoms with Crippen LogP contribution in [0.2, 0.25) is 0 Å². The first-order chi connectivity index (χ1) is 8.66. The summed E-state index contributed by atoms with van der Waals surface area (Å²) in [4.78, 5) is 11.7. The lowest BCUT2D eigenvalue weighted by Gasteiger charge is -2.06. The van der Waals surface area contributed by atoms with Crippen LogP contribution in [0.25, 0.3) is 0 Å². The van der Waals surface area contributed by atoms with E-state index in [0.29, 0.717) is 11.3 Å². The van der Waals surface area contributed by atoms with Crippen molar-refractivity contribution in [3.8, 4) is 11.5 Å². The summed E-state index contributed by atoms with van der Waals surface area (Å²) in [5, 5.41) is 0. The highest BCUT2D eigenvalue weighted by Gasteiger charge is 2.12. The fourth-order valence-electron chi connectivity index (χ4n) is 1.44. The van der Waals surface area contributed by atoms with E-state index in [1.165, 1.54) is 0 Å². The number of Topliss-reactive ketones (excluding diaryl/α,β-unsaturated/α-hetero) is 1. The van der Waals surface area contributed by atoms with E-state index < -0.39 is 0 Å². The van der Waals surface area contributed by atoms with Crippen molar-refractivity contribution in [1.29, 1.82) is 0 Å². The molecule has 2 aromatic rings. The molecular formula is C14H10Br2O2. The van der Waals surface area contributed by atoms with E-state index in [0.717, 1.165) is 5.75 Å². The average molecular weight is 370 g/mol. The van der Waals surface area contributed by atoms with Crippen LogP contribution < -0.4 is 4.74 Å². The third kappa shape index (κ3) is 3.43. The smallest absolute Gasteiger partial charge is 0.187 e. The van der Waals surface area contributed by atoms with Crippen LogP contribution >= 0.6 is 31.9 Å². The summed E-state index contributed by atoms with van der Waals surface area (Å²) in [6.07, 6.45) is 0. The summed E-state index contributed by atoms with van der Waals surface area (Å²) < 4.78 is 5.28. The van der Waals surface area contributed by atoms with Gasteiger partial charge in [0.1, 0.15) is 15.2 Å². The van der Waals surface area contributed by atoms with Gasteiger partial charge in [0.05, 0.1) is 0 Å². The van der Waals surface area contributed by atoms with Gasteiger partial charge in [-0.05, 0) is 36.4 Å². The molecule has 0 spiro atoms. The number of ether oxygens (including phenoxy) is 1. The van der Waals surface area contributed by atoms with Crippen molar-refractivity contribution in [2.45, 2.75) is 3.74 Å². The molecule has 0 atom stereocenters. The third-order valence-corrected chi connectivity index (χ3v) is 3.15. The monoisotopic (exact) mass is 368 g/mol. The van der Waals surface area contributed by atoms with Gasteiger partial charge in [0, 0.05) is 5.56 Å². The number of para-hydroxylation sites is 1. The van der Waals surface area contributed by atoms with Gasteiger partial charge in [-0.25, -0.2) is 0 Å². The number of hydrogen-bond donors (Lipinski definition) is 0. The van der Waals surface area contributed by atoms with E-state index in [1.807, 2.05) is 30.3 Å². The van der Waals surface area contributed by atoms with E-state index in [1.54, 1.807) is 24.3 Å². The van der Waals surface area contributed by atoms with Gasteiger partial charge < -0.3 is 4.74 Å². The van der Waals surface area contributed by atoms with Crippen molar-refractivity contribution in [3.63, 3.8) is 0 Å². The van der Waals surface area contributed by atoms with Gasteiger partial charge in [0.15, 0.2) is 5.78 Å². The number of hydrogen-bond acceptors (Lipinski definition) is 2. The molecule has 0 aliphatic carbocycles. The van der Waals surface area contributed by atoms with Crippen molar-refractivity contribution >= 4 is 37.6 Å². The Hall–Kier alpha value is -1.13. The summed E-state index contributed by atoms with van der Waals surface area (Å²) >= 11 is 6.37. The second-order valence-electron chi connectivity index (χ2n) is 3.60. The molecular weight excluding hydrogens is 360 g/mol. The fourth-order valence-corrected chi connectivity index (χ4v) is 1.97. The first kappa shape index (κ1) is 13.3. The summed E-state index contributed by atoms with van der Waals surface area (Å²) in [7, 11) is 0. The summed E-state index contributed by atoms with van der Waals surface area (Å²) in [5.74, 6) is 1.47. The Balaban J connectivity index is 2.11. The van der Waals surface area contributed by atoms with Gasteiger partial charge in [-0.1, -0.05) is 50.1 Å². The van der Waals surface area contributed by atoms with Crippen molar-refractivity contribution in [1.82, 2.24) is 0 Å². The number of halogens is 2. The molecule has 4 heteroatoms. The topological polar surface area (TPSA) is 26.3 Å². The largest absolute Gasteiger partial charge is 0.457 e. The molecule has 0 radical (unpaired) electrons. The Morgan fingerprint density at radius 3 is 2.00 bits per heavy atom. The highest BCUT2D eigenvalue weighted by Crippen LogP contribution is 2.23. The van der Waals surface area contributed by atoms with Gasteiger partial charge in [-0.3, -0.25) is 4.79 Å². The third-order valence-electron chi connectivity index (χ3n) is 2.32. The first-order valence-corrected chi connectivity index (χ1v) is 7.15. The molecule has 2 aromatic carbocycles. The number of carbonyl (C=O) groups excluding carboxylic acids is 1. The normalized spacial score (nSPS) is 10.4. The molecule has 0 fully saturated rings. The molecule has 0 aromatic heterocycles. The Labute approximate surface area is 122 Å². The minimum absolute atomic E-state index is 0.0127. The maximum Gasteiger partial charge on any atom is 0.187 e. The average Bonchev–Trinajstić information content (AvgIpc) is 2.40. The molecule has 0 aliphatic rings. The van der Waals surface area contributed by atoms with Crippen LogP contribution in [0.4, 0.5) is 0 Å². The van der Waals surface area contributed by atoms with E-state index >= 15 is 0 Å². The van der Waals surface area contributed by atoms with E-state index in [9.17, 15) is 4.79 Å². The lowest BCUT2D eigenvalue weighted by molar-refractivity contribution is 0.101. The number of rotatable bonds is 4. The zero-order valence-corrected chi connectivity index (χ0v) is 12.5. The minimum Gasteiger partial charge on any atom is -0.457 e. The molecule has 0 heterocycles. The van der Waals surface area contributed by atoms with Crippen molar-refractivity contribution < 1.29 is 9.53 Å². The Morgan fingerprint density at radius 1 is 0.889 bits per heavy atom. The zero-order valence-electron chi connectivity index (χ0n) is 9.35. The first-order valence-electron chi connectivity index (χ1n) is 5.32. The van der Waals surface area contributed by atoms with Crippen LogP contribution in [0.1, 0.15) is 10.4 Å². The van der Waals surface area contributed by atoms with Crippen molar-refractivity contribution in [2.75, 3.05) is 0 Å². The second-order valence-corrected chi connectivity index (χ2v) is 6.66. The molecule has 0 amide bonds. The van der Waals surface area contributed by atoms with E-state index in [-0.39, 0.29) is 9.52 Å². The minimum atomic E-state index is -0.356. The van der Waals surface area contributed by atoms with Crippen LogP contribution in [0.15, 0.2) is 54.6 Å². The quantitative estimate of drug-likeness (QED) is 0.572. The molecule has 2 nitrogen and oxygen atoms in total. The molecule has 0 N–H and O–H groups in total. The highest BCUT2D eigenvalue weighted by molar-refractivity contribution is 9.25. The van der Waals surface area contributed by atoms with Crippen LogP contribution in [0.5, 0.6) is 11.5 Å². The second kappa shape index (κ2) is 6.16. The standard InChI is InChI=1S/C14H10Br2O2/c15-14(16)13(17)10-6-8-12(9-7-10)18-11-4-2-1-3-5-11/h1-9,14H. The van der Waals surface area contributed by atoms with Gasteiger partial charge in [0.2, 0.25) is 0 Å². The lowest BCUT2D eigenvalue weighted by atomic mass is 10.1. The van der Waals surface area contributed by atoms with Gasteiger partial charge >= 0.3 is 0 Å². The molecule has 0 unspecified atom stereocenters. The molecule has 0 bridgehead atoms. The zero-order chi connectivity index (χ0) is 13.0.